The fraction of sp³-hybridized carbons (Fsp3) is 0.400. The number of hydrogen-bond acceptors (Lipinski definition) is 6. The first-order valence-corrected chi connectivity index (χ1v) is 11.3. The number of para-hydroxylation sites is 2. The molecule has 1 saturated heterocycles. The highest BCUT2D eigenvalue weighted by molar-refractivity contribution is 7.89. The van der Waals surface area contributed by atoms with Crippen LogP contribution in [0.4, 0.5) is 5.69 Å². The van der Waals surface area contributed by atoms with E-state index in [0.717, 1.165) is 30.9 Å². The minimum Gasteiger partial charge on any atom is -0.495 e. The minimum atomic E-state index is -3.56. The summed E-state index contributed by atoms with van der Waals surface area (Å²) in [6, 6.07) is 11.3. The lowest BCUT2D eigenvalue weighted by Crippen LogP contribution is -2.46. The van der Waals surface area contributed by atoms with Gasteiger partial charge in [-0.05, 0) is 30.7 Å². The number of rotatable bonds is 8. The lowest BCUT2D eigenvalue weighted by molar-refractivity contribution is 0.415. The van der Waals surface area contributed by atoms with E-state index in [4.69, 9.17) is 4.74 Å². The van der Waals surface area contributed by atoms with Crippen LogP contribution in [0.5, 0.6) is 5.75 Å². The molecule has 30 heavy (non-hydrogen) atoms. The predicted octanol–water partition coefficient (Wildman–Crippen LogP) is 0.812. The van der Waals surface area contributed by atoms with Crippen molar-refractivity contribution in [1.29, 1.82) is 0 Å². The van der Waals surface area contributed by atoms with Gasteiger partial charge in [-0.2, -0.15) is 0 Å². The van der Waals surface area contributed by atoms with Crippen molar-refractivity contribution in [2.45, 2.75) is 17.4 Å². The molecule has 3 N–H and O–H groups in total. The van der Waals surface area contributed by atoms with Gasteiger partial charge in [0.05, 0.1) is 12.8 Å². The van der Waals surface area contributed by atoms with Crippen LogP contribution in [0, 0.1) is 0 Å². The van der Waals surface area contributed by atoms with Gasteiger partial charge in [-0.15, -0.1) is 0 Å². The largest absolute Gasteiger partial charge is 0.495 e. The Balaban J connectivity index is 1.45. The zero-order valence-corrected chi connectivity index (χ0v) is 18.0. The summed E-state index contributed by atoms with van der Waals surface area (Å²) in [7, 11) is -0.187. The molecule has 1 aromatic heterocycles. The summed E-state index contributed by atoms with van der Waals surface area (Å²) >= 11 is 0. The standard InChI is InChI=1S/C20H28N6O3S/c1-21-20(23-11-12-24-30(27,28)17-6-5-10-22-14-17)25-16-9-13-26(15-16)18-7-3-4-8-19(18)29-2/h3-8,10,14,16,24H,9,11-13,15H2,1-2H3,(H2,21,23,25). The number of benzene rings is 1. The fourth-order valence-electron chi connectivity index (χ4n) is 3.33. The molecule has 1 aromatic carbocycles. The van der Waals surface area contributed by atoms with Crippen molar-refractivity contribution in [1.82, 2.24) is 20.3 Å². The van der Waals surface area contributed by atoms with Crippen LogP contribution in [0.2, 0.25) is 0 Å². The number of ether oxygens (including phenoxy) is 1. The van der Waals surface area contributed by atoms with Crippen LogP contribution in [0.3, 0.4) is 0 Å². The number of aromatic nitrogens is 1. The lowest BCUT2D eigenvalue weighted by Gasteiger charge is -2.22. The van der Waals surface area contributed by atoms with E-state index in [2.05, 4.69) is 36.3 Å². The van der Waals surface area contributed by atoms with Crippen molar-refractivity contribution < 1.29 is 13.2 Å². The predicted molar refractivity (Wildman–Crippen MR) is 118 cm³/mol. The third-order valence-electron chi connectivity index (χ3n) is 4.83. The molecule has 0 spiro atoms. The molecule has 1 atom stereocenters. The molecule has 0 amide bonds. The van der Waals surface area contributed by atoms with Crippen LogP contribution in [-0.2, 0) is 10.0 Å². The van der Waals surface area contributed by atoms with Crippen LogP contribution in [0.1, 0.15) is 6.42 Å². The van der Waals surface area contributed by atoms with E-state index in [1.807, 2.05) is 18.2 Å². The number of anilines is 1. The van der Waals surface area contributed by atoms with E-state index in [9.17, 15) is 8.42 Å². The van der Waals surface area contributed by atoms with E-state index in [0.29, 0.717) is 12.5 Å². The molecule has 2 heterocycles. The summed E-state index contributed by atoms with van der Waals surface area (Å²) in [5, 5.41) is 6.55. The normalized spacial score (nSPS) is 17.1. The SMILES string of the molecule is CN=C(NCCNS(=O)(=O)c1cccnc1)NC1CCN(c2ccccc2OC)C1. The van der Waals surface area contributed by atoms with Gasteiger partial charge >= 0.3 is 0 Å². The topological polar surface area (TPSA) is 108 Å². The van der Waals surface area contributed by atoms with Crippen LogP contribution in [0.15, 0.2) is 58.7 Å². The Bertz CT molecular complexity index is 952. The van der Waals surface area contributed by atoms with Crippen LogP contribution < -0.4 is 25.0 Å². The maximum Gasteiger partial charge on any atom is 0.242 e. The minimum absolute atomic E-state index is 0.148. The van der Waals surface area contributed by atoms with Gasteiger partial charge in [0.25, 0.3) is 0 Å². The lowest BCUT2D eigenvalue weighted by atomic mass is 10.2. The number of guanidine groups is 1. The number of pyridine rings is 1. The number of nitrogens with zero attached hydrogens (tertiary/aromatic N) is 3. The van der Waals surface area contributed by atoms with Crippen molar-refractivity contribution in [3.05, 3.63) is 48.8 Å². The fourth-order valence-corrected chi connectivity index (χ4v) is 4.33. The molecule has 9 nitrogen and oxygen atoms in total. The first-order valence-electron chi connectivity index (χ1n) is 9.78. The summed E-state index contributed by atoms with van der Waals surface area (Å²) in [4.78, 5) is 10.5. The summed E-state index contributed by atoms with van der Waals surface area (Å²) in [6.45, 7) is 2.38. The van der Waals surface area contributed by atoms with Gasteiger partial charge in [0, 0.05) is 51.7 Å². The molecule has 0 bridgehead atoms. The number of hydrogen-bond donors (Lipinski definition) is 3. The Morgan fingerprint density at radius 2 is 2.10 bits per heavy atom. The molecule has 1 fully saturated rings. The Kier molecular flexibility index (Phi) is 7.47. The van der Waals surface area contributed by atoms with Crippen LogP contribution >= 0.6 is 0 Å². The molecular formula is C20H28N6O3S. The van der Waals surface area contributed by atoms with Crippen molar-refractivity contribution in [2.75, 3.05) is 45.2 Å². The maximum absolute atomic E-state index is 12.2. The van der Waals surface area contributed by atoms with Gasteiger partial charge in [0.1, 0.15) is 10.6 Å². The van der Waals surface area contributed by atoms with Gasteiger partial charge in [-0.1, -0.05) is 12.1 Å². The molecule has 2 aromatic rings. The first kappa shape index (κ1) is 21.8. The van der Waals surface area contributed by atoms with Crippen LogP contribution in [0.25, 0.3) is 0 Å². The average Bonchev–Trinajstić information content (AvgIpc) is 3.24. The van der Waals surface area contributed by atoms with Crippen molar-refractivity contribution >= 4 is 21.7 Å². The molecule has 3 rings (SSSR count). The number of sulfonamides is 1. The van der Waals surface area contributed by atoms with Gasteiger partial charge < -0.3 is 20.3 Å². The van der Waals surface area contributed by atoms with Crippen molar-refractivity contribution in [2.24, 2.45) is 4.99 Å². The third-order valence-corrected chi connectivity index (χ3v) is 6.28. The van der Waals surface area contributed by atoms with Gasteiger partial charge in [0.2, 0.25) is 10.0 Å². The second-order valence-corrected chi connectivity index (χ2v) is 8.60. The summed E-state index contributed by atoms with van der Waals surface area (Å²) in [5.41, 5.74) is 1.08. The maximum atomic E-state index is 12.2. The molecule has 0 saturated carbocycles. The highest BCUT2D eigenvalue weighted by atomic mass is 32.2. The van der Waals surface area contributed by atoms with Gasteiger partial charge in [-0.3, -0.25) is 9.98 Å². The van der Waals surface area contributed by atoms with Gasteiger partial charge in [0.15, 0.2) is 5.96 Å². The quantitative estimate of drug-likeness (QED) is 0.322. The van der Waals surface area contributed by atoms with Crippen molar-refractivity contribution in [3.8, 4) is 5.75 Å². The van der Waals surface area contributed by atoms with E-state index >= 15 is 0 Å². The van der Waals surface area contributed by atoms with E-state index < -0.39 is 10.0 Å². The monoisotopic (exact) mass is 432 g/mol. The van der Waals surface area contributed by atoms with E-state index in [-0.39, 0.29) is 17.5 Å². The Labute approximate surface area is 177 Å². The zero-order chi connectivity index (χ0) is 21.4. The summed E-state index contributed by atoms with van der Waals surface area (Å²) < 4.78 is 32.4. The van der Waals surface area contributed by atoms with E-state index in [1.165, 1.54) is 18.5 Å². The molecule has 0 aliphatic carbocycles. The Hall–Kier alpha value is -2.85. The molecule has 1 unspecified atom stereocenters. The summed E-state index contributed by atoms with van der Waals surface area (Å²) in [6.07, 6.45) is 3.82. The first-order chi connectivity index (χ1) is 14.5. The molecule has 1 aliphatic heterocycles. The molecule has 10 heteroatoms. The Morgan fingerprint density at radius 1 is 1.27 bits per heavy atom. The van der Waals surface area contributed by atoms with Crippen molar-refractivity contribution in [3.63, 3.8) is 0 Å². The highest BCUT2D eigenvalue weighted by Crippen LogP contribution is 2.30. The summed E-state index contributed by atoms with van der Waals surface area (Å²) in [5.74, 6) is 1.50. The smallest absolute Gasteiger partial charge is 0.242 e. The van der Waals surface area contributed by atoms with E-state index in [1.54, 1.807) is 20.2 Å². The third kappa shape index (κ3) is 5.61. The molecule has 1 aliphatic rings. The zero-order valence-electron chi connectivity index (χ0n) is 17.2. The molecular weight excluding hydrogens is 404 g/mol. The highest BCUT2D eigenvalue weighted by Gasteiger charge is 2.25. The van der Waals surface area contributed by atoms with Crippen LogP contribution in [-0.4, -0.2) is 65.7 Å². The number of nitrogens with one attached hydrogen (secondary N) is 3. The van der Waals surface area contributed by atoms with Gasteiger partial charge in [-0.25, -0.2) is 13.1 Å². The number of methoxy groups -OCH3 is 1. The average molecular weight is 433 g/mol. The molecule has 162 valence electrons. The second-order valence-electron chi connectivity index (χ2n) is 6.83. The Morgan fingerprint density at radius 3 is 2.83 bits per heavy atom. The molecule has 0 radical (unpaired) electrons. The number of aliphatic imine (C=N–C) groups is 1. The second kappa shape index (κ2) is 10.3.